The Hall–Kier alpha value is -3.34. The lowest BCUT2D eigenvalue weighted by atomic mass is 9.94. The Morgan fingerprint density at radius 1 is 0.534 bits per heavy atom. The summed E-state index contributed by atoms with van der Waals surface area (Å²) in [6, 6.07) is -0.983. The normalized spacial score (nSPS) is 19.8. The van der Waals surface area contributed by atoms with Crippen molar-refractivity contribution >= 4 is 35.7 Å². The summed E-state index contributed by atoms with van der Waals surface area (Å²) >= 11 is 0. The van der Waals surface area contributed by atoms with Gasteiger partial charge in [-0.3, -0.25) is 28.8 Å². The van der Waals surface area contributed by atoms with Crippen molar-refractivity contribution in [3.8, 4) is 0 Å². The lowest BCUT2D eigenvalue weighted by Gasteiger charge is -2.46. The highest BCUT2D eigenvalue weighted by atomic mass is 16.6. The molecular formula is C42H74N2O14. The van der Waals surface area contributed by atoms with E-state index < -0.39 is 71.2 Å². The van der Waals surface area contributed by atoms with Crippen molar-refractivity contribution in [1.82, 2.24) is 10.6 Å². The summed E-state index contributed by atoms with van der Waals surface area (Å²) in [5.41, 5.74) is -2.09. The van der Waals surface area contributed by atoms with E-state index >= 15 is 0 Å². The number of ether oxygens (including phenoxy) is 8. The summed E-state index contributed by atoms with van der Waals surface area (Å²) in [6.07, 6.45) is 3.67. The lowest BCUT2D eigenvalue weighted by molar-refractivity contribution is -0.233. The van der Waals surface area contributed by atoms with Crippen LogP contribution in [0.3, 0.4) is 0 Å². The molecule has 2 amide bonds. The highest BCUT2D eigenvalue weighted by molar-refractivity contribution is 5.77. The number of rotatable bonds is 26. The van der Waals surface area contributed by atoms with Gasteiger partial charge in [0.25, 0.3) is 0 Å². The predicted octanol–water partition coefficient (Wildman–Crippen LogP) is 5.39. The molecule has 0 aromatic heterocycles. The van der Waals surface area contributed by atoms with E-state index in [2.05, 4.69) is 15.4 Å². The molecule has 16 heteroatoms. The van der Waals surface area contributed by atoms with Crippen molar-refractivity contribution in [2.75, 3.05) is 33.5 Å². The Balaban J connectivity index is 3.18. The zero-order chi connectivity index (χ0) is 43.9. The highest BCUT2D eigenvalue weighted by Gasteiger charge is 2.48. The van der Waals surface area contributed by atoms with Crippen molar-refractivity contribution in [3.05, 3.63) is 0 Å². The maximum atomic E-state index is 13.4. The summed E-state index contributed by atoms with van der Waals surface area (Å²) in [5, 5.41) is 5.76. The van der Waals surface area contributed by atoms with Crippen LogP contribution in [0.2, 0.25) is 0 Å². The third kappa shape index (κ3) is 25.9. The van der Waals surface area contributed by atoms with E-state index in [4.69, 9.17) is 33.2 Å². The summed E-state index contributed by atoms with van der Waals surface area (Å²) in [7, 11) is 1.39. The zero-order valence-electron chi connectivity index (χ0n) is 37.1. The van der Waals surface area contributed by atoms with E-state index in [0.717, 1.165) is 44.9 Å². The fourth-order valence-corrected chi connectivity index (χ4v) is 6.03. The van der Waals surface area contributed by atoms with Crippen LogP contribution < -0.4 is 10.6 Å². The average molecular weight is 831 g/mol. The van der Waals surface area contributed by atoms with Crippen molar-refractivity contribution < 1.29 is 66.7 Å². The van der Waals surface area contributed by atoms with E-state index in [9.17, 15) is 28.8 Å². The molecule has 1 saturated heterocycles. The van der Waals surface area contributed by atoms with Crippen LogP contribution in [0, 0.1) is 0 Å². The first-order valence-electron chi connectivity index (χ1n) is 20.7. The van der Waals surface area contributed by atoms with E-state index in [0.29, 0.717) is 12.8 Å². The first-order chi connectivity index (χ1) is 27.0. The second-order valence-corrected chi connectivity index (χ2v) is 17.5. The Kier molecular flexibility index (Phi) is 24.2. The van der Waals surface area contributed by atoms with Crippen molar-refractivity contribution in [3.63, 3.8) is 0 Å². The molecule has 2 N–H and O–H groups in total. The zero-order valence-corrected chi connectivity index (χ0v) is 37.1. The standard InChI is InChI=1S/C42H74N2O14/c1-29(45)43-36-38(54-27-24-35(50)58-42(8,9)10)37(53-26-23-34(49)57-41(5,6)7)30(28-52-25-22-33(48)56-40(2,3)4)55-39(36)44-31(46)20-18-16-14-12-13-15-17-19-21-32(47)51-11/h30,36-39H,12-28H2,1-11H3,(H,43,45)(H,44,46)/t30-,36-,37-,38-,39-/m1/s1. The van der Waals surface area contributed by atoms with E-state index in [-0.39, 0.29) is 64.0 Å². The number of hydrogen-bond donors (Lipinski definition) is 2. The molecule has 5 atom stereocenters. The van der Waals surface area contributed by atoms with Gasteiger partial charge in [-0.2, -0.15) is 0 Å². The minimum Gasteiger partial charge on any atom is -0.469 e. The number of carbonyl (C=O) groups excluding carboxylic acids is 6. The molecule has 0 radical (unpaired) electrons. The molecule has 1 aliphatic rings. The molecular weight excluding hydrogens is 756 g/mol. The van der Waals surface area contributed by atoms with E-state index in [1.54, 1.807) is 62.3 Å². The molecule has 0 saturated carbocycles. The molecule has 0 spiro atoms. The largest absolute Gasteiger partial charge is 0.469 e. The van der Waals surface area contributed by atoms with Gasteiger partial charge in [0.2, 0.25) is 11.8 Å². The molecule has 1 rings (SSSR count). The van der Waals surface area contributed by atoms with Gasteiger partial charge < -0.3 is 48.5 Å². The maximum Gasteiger partial charge on any atom is 0.308 e. The van der Waals surface area contributed by atoms with Gasteiger partial charge in [0.05, 0.1) is 52.8 Å². The molecule has 1 fully saturated rings. The van der Waals surface area contributed by atoms with Crippen LogP contribution in [0.5, 0.6) is 0 Å². The van der Waals surface area contributed by atoms with Gasteiger partial charge in [0.15, 0.2) is 6.23 Å². The lowest BCUT2D eigenvalue weighted by Crippen LogP contribution is -2.69. The average Bonchev–Trinajstić information content (AvgIpc) is 3.07. The number of hydrogen-bond acceptors (Lipinski definition) is 14. The predicted molar refractivity (Wildman–Crippen MR) is 214 cm³/mol. The van der Waals surface area contributed by atoms with Gasteiger partial charge in [-0.25, -0.2) is 0 Å². The molecule has 1 aliphatic heterocycles. The molecule has 0 bridgehead atoms. The van der Waals surface area contributed by atoms with Crippen LogP contribution in [-0.2, 0) is 66.7 Å². The van der Waals surface area contributed by atoms with Crippen LogP contribution in [0.4, 0.5) is 0 Å². The number of amides is 2. The summed E-state index contributed by atoms with van der Waals surface area (Å²) in [4.78, 5) is 74.9. The molecule has 16 nitrogen and oxygen atoms in total. The molecule has 0 aromatic rings. The number of unbranched alkanes of at least 4 members (excludes halogenated alkanes) is 7. The second kappa shape index (κ2) is 26.7. The fourth-order valence-electron chi connectivity index (χ4n) is 6.03. The molecule has 0 aromatic carbocycles. The van der Waals surface area contributed by atoms with Crippen molar-refractivity contribution in [2.24, 2.45) is 0 Å². The number of esters is 4. The Morgan fingerprint density at radius 2 is 0.966 bits per heavy atom. The highest BCUT2D eigenvalue weighted by Crippen LogP contribution is 2.27. The molecule has 1 heterocycles. The Morgan fingerprint density at radius 3 is 1.41 bits per heavy atom. The van der Waals surface area contributed by atoms with Gasteiger partial charge in [0.1, 0.15) is 41.2 Å². The SMILES string of the molecule is COC(=O)CCCCCCCCCCC(=O)N[C@@H]1O[C@H](COCCC(=O)OC(C)(C)C)[C@@H](OCCC(=O)OC(C)(C)C)[C@H](OCCC(=O)OC(C)(C)C)[C@H]1NC(C)=O. The Bertz CT molecular complexity index is 1270. The first kappa shape index (κ1) is 52.7. The van der Waals surface area contributed by atoms with E-state index in [1.807, 2.05) is 0 Å². The topological polar surface area (TPSA) is 200 Å². The minimum absolute atomic E-state index is 0.0107. The fraction of sp³-hybridized carbons (Fsp3) is 0.857. The van der Waals surface area contributed by atoms with Crippen LogP contribution in [0.25, 0.3) is 0 Å². The molecule has 0 aliphatic carbocycles. The van der Waals surface area contributed by atoms with Crippen molar-refractivity contribution in [1.29, 1.82) is 0 Å². The van der Waals surface area contributed by atoms with Gasteiger partial charge in [-0.15, -0.1) is 0 Å². The smallest absolute Gasteiger partial charge is 0.308 e. The van der Waals surface area contributed by atoms with Crippen LogP contribution in [0.1, 0.15) is 153 Å². The third-order valence-corrected chi connectivity index (χ3v) is 8.35. The summed E-state index contributed by atoms with van der Waals surface area (Å²) in [6.45, 7) is 16.8. The molecule has 0 unspecified atom stereocenters. The minimum atomic E-state index is -1.10. The number of nitrogens with one attached hydrogen (secondary N) is 2. The van der Waals surface area contributed by atoms with Crippen LogP contribution in [0.15, 0.2) is 0 Å². The van der Waals surface area contributed by atoms with Crippen LogP contribution in [-0.4, -0.2) is 117 Å². The summed E-state index contributed by atoms with van der Waals surface area (Å²) < 4.78 is 45.9. The third-order valence-electron chi connectivity index (χ3n) is 8.35. The van der Waals surface area contributed by atoms with Gasteiger partial charge in [-0.1, -0.05) is 38.5 Å². The van der Waals surface area contributed by atoms with Gasteiger partial charge >= 0.3 is 23.9 Å². The number of carbonyl (C=O) groups is 6. The molecule has 58 heavy (non-hydrogen) atoms. The summed E-state index contributed by atoms with van der Waals surface area (Å²) in [5.74, 6) is -2.36. The van der Waals surface area contributed by atoms with Crippen LogP contribution >= 0.6 is 0 Å². The maximum absolute atomic E-state index is 13.4. The number of methoxy groups -OCH3 is 1. The second-order valence-electron chi connectivity index (χ2n) is 17.5. The van der Waals surface area contributed by atoms with Crippen molar-refractivity contribution in [2.45, 2.75) is 200 Å². The van der Waals surface area contributed by atoms with E-state index in [1.165, 1.54) is 14.0 Å². The molecule has 336 valence electrons. The Labute approximate surface area is 346 Å². The monoisotopic (exact) mass is 831 g/mol. The first-order valence-corrected chi connectivity index (χ1v) is 20.7. The quantitative estimate of drug-likeness (QED) is 0.0639. The van der Waals surface area contributed by atoms with Gasteiger partial charge in [0, 0.05) is 19.8 Å². The van der Waals surface area contributed by atoms with Gasteiger partial charge in [-0.05, 0) is 75.2 Å².